The van der Waals surface area contributed by atoms with Crippen LogP contribution < -0.4 is 5.14 Å². The fourth-order valence-corrected chi connectivity index (χ4v) is 1.96. The van der Waals surface area contributed by atoms with Crippen LogP contribution in [0.3, 0.4) is 0 Å². The van der Waals surface area contributed by atoms with E-state index in [2.05, 4.69) is 5.10 Å². The maximum absolute atomic E-state index is 10.9. The minimum absolute atomic E-state index is 0.0139. The normalized spacial score (nSPS) is 11.9. The van der Waals surface area contributed by atoms with E-state index >= 15 is 0 Å². The molecule has 1 rings (SSSR count). The molecule has 0 atom stereocenters. The van der Waals surface area contributed by atoms with Crippen molar-refractivity contribution >= 4 is 21.6 Å². The van der Waals surface area contributed by atoms with Crippen molar-refractivity contribution in [3.63, 3.8) is 0 Å². The molecule has 2 N–H and O–H groups in total. The van der Waals surface area contributed by atoms with Crippen molar-refractivity contribution in [2.45, 2.75) is 10.8 Å². The van der Waals surface area contributed by atoms with E-state index in [4.69, 9.17) is 16.7 Å². The zero-order valence-electron chi connectivity index (χ0n) is 6.36. The first kappa shape index (κ1) is 9.50. The van der Waals surface area contributed by atoms with Crippen molar-refractivity contribution in [3.05, 3.63) is 11.9 Å². The minimum Gasteiger partial charge on any atom is -0.270 e. The predicted molar refractivity (Wildman–Crippen MR) is 44.1 cm³/mol. The highest BCUT2D eigenvalue weighted by atomic mass is 35.5. The lowest BCUT2D eigenvalue weighted by atomic mass is 10.5. The predicted octanol–water partition coefficient (Wildman–Crippen LogP) is -0.194. The number of sulfonamides is 1. The van der Waals surface area contributed by atoms with Crippen molar-refractivity contribution in [1.29, 1.82) is 0 Å². The third-order valence-corrected chi connectivity index (χ3v) is 2.66. The molecule has 0 saturated heterocycles. The number of primary sulfonamides is 1. The van der Waals surface area contributed by atoms with Crippen LogP contribution >= 0.6 is 11.6 Å². The van der Waals surface area contributed by atoms with E-state index in [1.54, 1.807) is 7.05 Å². The van der Waals surface area contributed by atoms with Crippen LogP contribution in [0.25, 0.3) is 0 Å². The summed E-state index contributed by atoms with van der Waals surface area (Å²) in [7, 11) is -2.09. The Hall–Kier alpha value is -0.590. The molecule has 0 aliphatic carbocycles. The fourth-order valence-electron chi connectivity index (χ4n) is 0.833. The molecule has 0 bridgehead atoms. The van der Waals surface area contributed by atoms with Crippen LogP contribution in [0, 0.1) is 0 Å². The second-order valence-corrected chi connectivity index (χ2v) is 4.05. The molecule has 0 spiro atoms. The zero-order chi connectivity index (χ0) is 9.35. The van der Waals surface area contributed by atoms with Gasteiger partial charge in [0.25, 0.3) is 0 Å². The first-order valence-electron chi connectivity index (χ1n) is 3.06. The van der Waals surface area contributed by atoms with Crippen LogP contribution in [-0.4, -0.2) is 18.2 Å². The number of alkyl halides is 1. The van der Waals surface area contributed by atoms with Crippen LogP contribution in [0.15, 0.2) is 11.1 Å². The molecule has 0 fully saturated rings. The van der Waals surface area contributed by atoms with Crippen molar-refractivity contribution < 1.29 is 8.42 Å². The number of halogens is 1. The van der Waals surface area contributed by atoms with E-state index in [0.29, 0.717) is 5.69 Å². The second kappa shape index (κ2) is 3.04. The molecule has 0 unspecified atom stereocenters. The summed E-state index contributed by atoms with van der Waals surface area (Å²) >= 11 is 5.50. The lowest BCUT2D eigenvalue weighted by Gasteiger charge is -1.98. The van der Waals surface area contributed by atoms with Gasteiger partial charge in [0.15, 0.2) is 0 Å². The Bertz CT molecular complexity index is 383. The molecule has 0 saturated carbocycles. The SMILES string of the molecule is Cn1ncc(S(N)(=O)=O)c1CCl. The van der Waals surface area contributed by atoms with Crippen molar-refractivity contribution in [1.82, 2.24) is 9.78 Å². The average molecular weight is 210 g/mol. The van der Waals surface area contributed by atoms with Gasteiger partial charge in [-0.15, -0.1) is 11.6 Å². The molecule has 1 aromatic rings. The monoisotopic (exact) mass is 209 g/mol. The first-order valence-corrected chi connectivity index (χ1v) is 5.14. The van der Waals surface area contributed by atoms with Crippen LogP contribution in [0.4, 0.5) is 0 Å². The molecule has 12 heavy (non-hydrogen) atoms. The quantitative estimate of drug-likeness (QED) is 0.686. The van der Waals surface area contributed by atoms with Crippen LogP contribution in [-0.2, 0) is 23.0 Å². The lowest BCUT2D eigenvalue weighted by Crippen LogP contribution is -2.13. The third-order valence-electron chi connectivity index (χ3n) is 1.46. The van der Waals surface area contributed by atoms with Gasteiger partial charge < -0.3 is 0 Å². The summed E-state index contributed by atoms with van der Waals surface area (Å²) in [6, 6.07) is 0. The second-order valence-electron chi connectivity index (χ2n) is 2.26. The number of hydrogen-bond donors (Lipinski definition) is 1. The standard InChI is InChI=1S/C5H8ClN3O2S/c1-9-4(2-6)5(3-8-9)12(7,10)11/h3H,2H2,1H3,(H2,7,10,11). The highest BCUT2D eigenvalue weighted by molar-refractivity contribution is 7.89. The van der Waals surface area contributed by atoms with Gasteiger partial charge >= 0.3 is 0 Å². The molecule has 0 aliphatic rings. The fraction of sp³-hybridized carbons (Fsp3) is 0.400. The molecule has 7 heteroatoms. The number of hydrogen-bond acceptors (Lipinski definition) is 3. The number of nitrogens with zero attached hydrogens (tertiary/aromatic N) is 2. The molecule has 1 aromatic heterocycles. The average Bonchev–Trinajstić information content (AvgIpc) is 2.29. The first-order chi connectivity index (χ1) is 5.46. The highest BCUT2D eigenvalue weighted by Gasteiger charge is 2.16. The van der Waals surface area contributed by atoms with E-state index in [0.717, 1.165) is 0 Å². The van der Waals surface area contributed by atoms with E-state index in [1.165, 1.54) is 10.9 Å². The Morgan fingerprint density at radius 2 is 2.33 bits per heavy atom. The van der Waals surface area contributed by atoms with Gasteiger partial charge in [-0.1, -0.05) is 0 Å². The zero-order valence-corrected chi connectivity index (χ0v) is 7.93. The third kappa shape index (κ3) is 1.60. The summed E-state index contributed by atoms with van der Waals surface area (Å²) in [5.74, 6) is 0.0717. The van der Waals surface area contributed by atoms with Gasteiger partial charge in [0.1, 0.15) is 4.90 Å². The molecular formula is C5H8ClN3O2S. The van der Waals surface area contributed by atoms with E-state index in [9.17, 15) is 8.42 Å². The van der Waals surface area contributed by atoms with Crippen LogP contribution in [0.1, 0.15) is 5.69 Å². The van der Waals surface area contributed by atoms with Crippen molar-refractivity contribution in [3.8, 4) is 0 Å². The van der Waals surface area contributed by atoms with E-state index in [1.807, 2.05) is 0 Å². The van der Waals surface area contributed by atoms with Gasteiger partial charge in [-0.2, -0.15) is 5.10 Å². The molecule has 0 amide bonds. The molecule has 1 heterocycles. The summed E-state index contributed by atoms with van der Waals surface area (Å²) < 4.78 is 23.2. The molecule has 68 valence electrons. The number of aryl methyl sites for hydroxylation is 1. The maximum atomic E-state index is 10.9. The lowest BCUT2D eigenvalue weighted by molar-refractivity contribution is 0.596. The molecule has 5 nitrogen and oxygen atoms in total. The van der Waals surface area contributed by atoms with E-state index < -0.39 is 10.0 Å². The summed E-state index contributed by atoms with van der Waals surface area (Å²) in [5, 5.41) is 8.63. The van der Waals surface area contributed by atoms with Gasteiger partial charge in [0.05, 0.1) is 17.8 Å². The number of nitrogens with two attached hydrogens (primary N) is 1. The van der Waals surface area contributed by atoms with Gasteiger partial charge in [0, 0.05) is 7.05 Å². The summed E-state index contributed by atoms with van der Waals surface area (Å²) in [5.41, 5.74) is 0.402. The van der Waals surface area contributed by atoms with Crippen LogP contribution in [0.2, 0.25) is 0 Å². The molecule has 0 radical (unpaired) electrons. The van der Waals surface area contributed by atoms with Crippen molar-refractivity contribution in [2.24, 2.45) is 12.2 Å². The molecular weight excluding hydrogens is 202 g/mol. The Balaban J connectivity index is 3.36. The Morgan fingerprint density at radius 3 is 2.67 bits per heavy atom. The summed E-state index contributed by atoms with van der Waals surface area (Å²) in [6.07, 6.45) is 1.19. The smallest absolute Gasteiger partial charge is 0.241 e. The Morgan fingerprint density at radius 1 is 1.75 bits per heavy atom. The molecule has 0 aliphatic heterocycles. The Labute approximate surface area is 75.2 Å². The molecule has 0 aromatic carbocycles. The van der Waals surface area contributed by atoms with Gasteiger partial charge in [-0.05, 0) is 0 Å². The summed E-state index contributed by atoms with van der Waals surface area (Å²) in [4.78, 5) is -0.0139. The largest absolute Gasteiger partial charge is 0.270 e. The maximum Gasteiger partial charge on any atom is 0.241 e. The number of aromatic nitrogens is 2. The van der Waals surface area contributed by atoms with Crippen molar-refractivity contribution in [2.75, 3.05) is 0 Å². The topological polar surface area (TPSA) is 78.0 Å². The van der Waals surface area contributed by atoms with Crippen LogP contribution in [0.5, 0.6) is 0 Å². The number of rotatable bonds is 2. The van der Waals surface area contributed by atoms with Gasteiger partial charge in [0.2, 0.25) is 10.0 Å². The Kier molecular flexibility index (Phi) is 2.41. The van der Waals surface area contributed by atoms with E-state index in [-0.39, 0.29) is 10.8 Å². The van der Waals surface area contributed by atoms with Gasteiger partial charge in [-0.3, -0.25) is 4.68 Å². The highest BCUT2D eigenvalue weighted by Crippen LogP contribution is 2.14. The van der Waals surface area contributed by atoms with Gasteiger partial charge in [-0.25, -0.2) is 13.6 Å². The minimum atomic E-state index is -3.69. The summed E-state index contributed by atoms with van der Waals surface area (Å²) in [6.45, 7) is 0.